The van der Waals surface area contributed by atoms with Crippen LogP contribution in [0, 0.1) is 0 Å². The van der Waals surface area contributed by atoms with Gasteiger partial charge in [-0.1, -0.05) is 37.6 Å². The first-order valence-corrected chi connectivity index (χ1v) is 6.14. The number of para-hydroxylation sites is 1. The van der Waals surface area contributed by atoms with E-state index in [-0.39, 0.29) is 11.7 Å². The minimum Gasteiger partial charge on any atom is -0.459 e. The lowest BCUT2D eigenvalue weighted by Crippen LogP contribution is -2.18. The van der Waals surface area contributed by atoms with Crippen LogP contribution in [-0.4, -0.2) is 11.7 Å². The molecular weight excluding hydrogens is 212 g/mol. The van der Waals surface area contributed by atoms with E-state index in [9.17, 15) is 0 Å². The van der Waals surface area contributed by atoms with E-state index in [4.69, 9.17) is 9.47 Å². The second kappa shape index (κ2) is 4.04. The predicted octanol–water partition coefficient (Wildman–Crippen LogP) is 3.46. The normalized spacial score (nSPS) is 29.5. The van der Waals surface area contributed by atoms with Crippen molar-refractivity contribution >= 4 is 0 Å². The summed E-state index contributed by atoms with van der Waals surface area (Å²) in [6.45, 7) is 2.18. The molecule has 0 N–H and O–H groups in total. The molecule has 1 aromatic carbocycles. The first-order valence-electron chi connectivity index (χ1n) is 6.14. The van der Waals surface area contributed by atoms with Crippen molar-refractivity contribution in [3.63, 3.8) is 0 Å². The first-order chi connectivity index (χ1) is 8.34. The van der Waals surface area contributed by atoms with Crippen molar-refractivity contribution in [2.75, 3.05) is 0 Å². The number of epoxide rings is 1. The lowest BCUT2D eigenvalue weighted by atomic mass is 9.94. The smallest absolute Gasteiger partial charge is 0.149 e. The average Bonchev–Trinajstić information content (AvgIpc) is 3.06. The fourth-order valence-electron chi connectivity index (χ4n) is 2.38. The van der Waals surface area contributed by atoms with Gasteiger partial charge in [-0.05, 0) is 30.7 Å². The highest BCUT2D eigenvalue weighted by atomic mass is 16.6. The Bertz CT molecular complexity index is 461. The van der Waals surface area contributed by atoms with Crippen LogP contribution in [0.25, 0.3) is 0 Å². The number of fused-ring (bicyclic) bond motifs is 1. The third-order valence-electron chi connectivity index (χ3n) is 3.24. The van der Waals surface area contributed by atoms with E-state index in [0.717, 1.165) is 24.4 Å². The molecule has 2 nitrogen and oxygen atoms in total. The second-order valence-electron chi connectivity index (χ2n) is 4.55. The highest BCUT2D eigenvalue weighted by Gasteiger charge is 2.57. The summed E-state index contributed by atoms with van der Waals surface area (Å²) in [6, 6.07) is 9.85. The average molecular weight is 228 g/mol. The summed E-state index contributed by atoms with van der Waals surface area (Å²) in [6.07, 6.45) is 8.49. The van der Waals surface area contributed by atoms with Gasteiger partial charge in [0.25, 0.3) is 0 Å². The van der Waals surface area contributed by atoms with Crippen molar-refractivity contribution < 1.29 is 9.47 Å². The Labute approximate surface area is 102 Å². The molecule has 2 atom stereocenters. The van der Waals surface area contributed by atoms with E-state index < -0.39 is 0 Å². The van der Waals surface area contributed by atoms with Crippen LogP contribution in [0.5, 0.6) is 5.75 Å². The van der Waals surface area contributed by atoms with Crippen LogP contribution in [0.15, 0.2) is 54.3 Å². The van der Waals surface area contributed by atoms with Gasteiger partial charge in [0.2, 0.25) is 0 Å². The third kappa shape index (κ3) is 1.89. The van der Waals surface area contributed by atoms with Gasteiger partial charge in [-0.15, -0.1) is 0 Å². The van der Waals surface area contributed by atoms with Crippen molar-refractivity contribution in [1.29, 1.82) is 0 Å². The summed E-state index contributed by atoms with van der Waals surface area (Å²) in [5.41, 5.74) is -0.0758. The van der Waals surface area contributed by atoms with Crippen molar-refractivity contribution in [3.05, 3.63) is 54.3 Å². The van der Waals surface area contributed by atoms with E-state index in [1.54, 1.807) is 0 Å². The molecule has 1 heterocycles. The van der Waals surface area contributed by atoms with Crippen LogP contribution in [0.1, 0.15) is 19.8 Å². The maximum atomic E-state index is 5.87. The lowest BCUT2D eigenvalue weighted by molar-refractivity contribution is 0.303. The topological polar surface area (TPSA) is 21.8 Å². The minimum absolute atomic E-state index is 0.0758. The highest BCUT2D eigenvalue weighted by molar-refractivity contribution is 5.37. The third-order valence-corrected chi connectivity index (χ3v) is 3.24. The predicted molar refractivity (Wildman–Crippen MR) is 66.8 cm³/mol. The molecule has 0 saturated carbocycles. The number of hydrogen-bond donors (Lipinski definition) is 0. The molecule has 88 valence electrons. The van der Waals surface area contributed by atoms with Gasteiger partial charge >= 0.3 is 0 Å². The molecule has 2 heteroatoms. The SMILES string of the molecule is CCCC12C=CC=C(Oc3ccccc3)C1O2. The number of allylic oxidation sites excluding steroid dienone is 2. The summed E-state index contributed by atoms with van der Waals surface area (Å²) in [5, 5.41) is 0. The number of benzene rings is 1. The largest absolute Gasteiger partial charge is 0.459 e. The zero-order valence-corrected chi connectivity index (χ0v) is 9.93. The van der Waals surface area contributed by atoms with Gasteiger partial charge in [-0.2, -0.15) is 0 Å². The van der Waals surface area contributed by atoms with Gasteiger partial charge in [0.15, 0.2) is 0 Å². The Morgan fingerprint density at radius 2 is 2.12 bits per heavy atom. The van der Waals surface area contributed by atoms with Crippen molar-refractivity contribution in [3.8, 4) is 5.75 Å². The van der Waals surface area contributed by atoms with Crippen LogP contribution < -0.4 is 4.74 Å². The van der Waals surface area contributed by atoms with Crippen LogP contribution in [-0.2, 0) is 4.74 Å². The summed E-state index contributed by atoms with van der Waals surface area (Å²) >= 11 is 0. The zero-order chi connectivity index (χ0) is 11.7. The zero-order valence-electron chi connectivity index (χ0n) is 9.93. The Balaban J connectivity index is 1.74. The van der Waals surface area contributed by atoms with E-state index in [1.807, 2.05) is 42.5 Å². The van der Waals surface area contributed by atoms with E-state index in [2.05, 4.69) is 13.0 Å². The Hall–Kier alpha value is -1.54. The molecule has 0 spiro atoms. The van der Waals surface area contributed by atoms with Crippen molar-refractivity contribution in [1.82, 2.24) is 0 Å². The van der Waals surface area contributed by atoms with Crippen LogP contribution >= 0.6 is 0 Å². The quantitative estimate of drug-likeness (QED) is 0.736. The summed E-state index contributed by atoms with van der Waals surface area (Å²) in [4.78, 5) is 0. The minimum atomic E-state index is -0.0758. The molecule has 17 heavy (non-hydrogen) atoms. The first kappa shape index (κ1) is 10.6. The van der Waals surface area contributed by atoms with Gasteiger partial charge < -0.3 is 9.47 Å². The van der Waals surface area contributed by atoms with E-state index in [0.29, 0.717) is 0 Å². The van der Waals surface area contributed by atoms with Crippen LogP contribution in [0.3, 0.4) is 0 Å². The van der Waals surface area contributed by atoms with Gasteiger partial charge in [0, 0.05) is 0 Å². The summed E-state index contributed by atoms with van der Waals surface area (Å²) in [7, 11) is 0. The molecule has 1 aliphatic carbocycles. The van der Waals surface area contributed by atoms with Crippen molar-refractivity contribution in [2.45, 2.75) is 31.5 Å². The Morgan fingerprint density at radius 1 is 1.29 bits per heavy atom. The fraction of sp³-hybridized carbons (Fsp3) is 0.333. The molecular formula is C15H16O2. The molecule has 1 fully saturated rings. The molecule has 1 aromatic rings. The number of ether oxygens (including phenoxy) is 2. The van der Waals surface area contributed by atoms with Gasteiger partial charge in [0.1, 0.15) is 23.2 Å². The fourth-order valence-corrected chi connectivity index (χ4v) is 2.38. The molecule has 0 radical (unpaired) electrons. The standard InChI is InChI=1S/C15H16O2/c1-2-10-15-11-6-9-13(14(15)17-15)16-12-7-4-3-5-8-12/h3-9,11,14H,2,10H2,1H3. The molecule has 0 bridgehead atoms. The van der Waals surface area contributed by atoms with Crippen molar-refractivity contribution in [2.24, 2.45) is 0 Å². The molecule has 1 saturated heterocycles. The highest BCUT2D eigenvalue weighted by Crippen LogP contribution is 2.48. The summed E-state index contributed by atoms with van der Waals surface area (Å²) in [5.74, 6) is 1.79. The molecule has 2 aliphatic rings. The maximum Gasteiger partial charge on any atom is 0.149 e. The number of rotatable bonds is 4. The molecule has 2 unspecified atom stereocenters. The molecule has 0 aromatic heterocycles. The molecule has 3 rings (SSSR count). The molecule has 0 amide bonds. The lowest BCUT2D eigenvalue weighted by Gasteiger charge is -2.13. The van der Waals surface area contributed by atoms with E-state index in [1.165, 1.54) is 0 Å². The van der Waals surface area contributed by atoms with Gasteiger partial charge in [-0.3, -0.25) is 0 Å². The van der Waals surface area contributed by atoms with Crippen LogP contribution in [0.2, 0.25) is 0 Å². The monoisotopic (exact) mass is 228 g/mol. The Morgan fingerprint density at radius 3 is 2.88 bits per heavy atom. The molecule has 1 aliphatic heterocycles. The van der Waals surface area contributed by atoms with Gasteiger partial charge in [-0.25, -0.2) is 0 Å². The number of hydrogen-bond acceptors (Lipinski definition) is 2. The van der Waals surface area contributed by atoms with Crippen LogP contribution in [0.4, 0.5) is 0 Å². The van der Waals surface area contributed by atoms with Gasteiger partial charge in [0.05, 0.1) is 0 Å². The van der Waals surface area contributed by atoms with E-state index >= 15 is 0 Å². The maximum absolute atomic E-state index is 5.87. The second-order valence-corrected chi connectivity index (χ2v) is 4.55. The Kier molecular flexibility index (Phi) is 2.52. The summed E-state index contributed by atoms with van der Waals surface area (Å²) < 4.78 is 11.7.